The molecular formula is C34H37N5O7S. The Bertz CT molecular complexity index is 1800. The monoisotopic (exact) mass is 659 g/mol. The Balaban J connectivity index is 1.16. The number of ether oxygens (including phenoxy) is 1. The fourth-order valence-corrected chi connectivity index (χ4v) is 8.17. The Morgan fingerprint density at radius 2 is 1.83 bits per heavy atom. The third kappa shape index (κ3) is 6.04. The Morgan fingerprint density at radius 1 is 1.04 bits per heavy atom. The first-order valence-electron chi connectivity index (χ1n) is 16.1. The molecule has 4 aliphatic carbocycles. The normalized spacial score (nSPS) is 28.9. The van der Waals surface area contributed by atoms with Crippen LogP contribution in [0.1, 0.15) is 62.5 Å². The number of sulfonamides is 1. The molecule has 0 radical (unpaired) electrons. The topological polar surface area (TPSA) is 165 Å². The van der Waals surface area contributed by atoms with Crippen LogP contribution in [0.2, 0.25) is 0 Å². The summed E-state index contributed by atoms with van der Waals surface area (Å²) in [6.07, 6.45) is 6.32. The number of hydrogen-bond donors (Lipinski definition) is 3. The number of carbonyl (C=O) groups excluding carboxylic acids is 3. The third-order valence-electron chi connectivity index (χ3n) is 9.72. The van der Waals surface area contributed by atoms with E-state index in [2.05, 4.69) is 32.3 Å². The summed E-state index contributed by atoms with van der Waals surface area (Å²) in [7, 11) is -3.83. The molecule has 2 aromatic carbocycles. The van der Waals surface area contributed by atoms with Crippen LogP contribution in [0.4, 0.5) is 0 Å². The SMILES string of the molecule is C=C[C@@H]1C[C@]1(NC(=O)[C@@H]1C[C@@H]2C[C@H]1C(=O)N/N=C/CCCCOc1ccc3c(c1)C(=NO2)c1ccccc1-3)C(=O)NS(=O)(=O)C1CC1. The van der Waals surface area contributed by atoms with Gasteiger partial charge in [0.05, 0.1) is 23.7 Å². The van der Waals surface area contributed by atoms with E-state index in [4.69, 9.17) is 9.57 Å². The van der Waals surface area contributed by atoms with Crippen LogP contribution in [0.5, 0.6) is 5.75 Å². The number of benzene rings is 2. The zero-order valence-corrected chi connectivity index (χ0v) is 26.6. The molecule has 13 heteroatoms. The smallest absolute Gasteiger partial charge is 0.259 e. The highest BCUT2D eigenvalue weighted by atomic mass is 32.2. The Labute approximate surface area is 273 Å². The van der Waals surface area contributed by atoms with Crippen molar-refractivity contribution in [1.82, 2.24) is 15.5 Å². The van der Waals surface area contributed by atoms with Crippen molar-refractivity contribution < 1.29 is 32.4 Å². The standard InChI is InChI=1S/C34H37N5O7S/c1-2-20-19-34(20,33(42)39-47(43,44)23-11-12-23)36-31(40)28-17-22-18-29(28)32(41)37-35-14-6-3-7-15-45-21-10-13-25-24-8-4-5-9-26(24)30(38-46-22)27(25)16-21/h2,4-5,8-10,13-14,16,20,22-23,28-29H,1,3,6-7,11-12,15,17-19H2,(H,36,40)(H,37,41)(H,39,42)/b35-14+,38-30?/t20-,22-,28-,29-,34-/m1/s1. The van der Waals surface area contributed by atoms with Crippen LogP contribution in [0.3, 0.4) is 0 Å². The molecule has 3 saturated carbocycles. The van der Waals surface area contributed by atoms with E-state index in [1.165, 1.54) is 6.08 Å². The van der Waals surface area contributed by atoms with Crippen molar-refractivity contribution in [2.75, 3.05) is 6.61 Å². The van der Waals surface area contributed by atoms with E-state index >= 15 is 0 Å². The summed E-state index contributed by atoms with van der Waals surface area (Å²) in [6.45, 7) is 4.28. The minimum Gasteiger partial charge on any atom is -0.494 e. The van der Waals surface area contributed by atoms with Crippen molar-refractivity contribution in [3.63, 3.8) is 0 Å². The van der Waals surface area contributed by atoms with Gasteiger partial charge in [-0.2, -0.15) is 5.10 Å². The average Bonchev–Trinajstić information content (AvgIpc) is 3.97. The zero-order chi connectivity index (χ0) is 32.8. The second-order valence-corrected chi connectivity index (χ2v) is 14.9. The number of hydrazone groups is 1. The maximum absolute atomic E-state index is 13.9. The predicted molar refractivity (Wildman–Crippen MR) is 174 cm³/mol. The third-order valence-corrected chi connectivity index (χ3v) is 11.5. The molecule has 0 aromatic heterocycles. The van der Waals surface area contributed by atoms with Crippen LogP contribution in [-0.4, -0.2) is 61.6 Å². The molecule has 1 aliphatic heterocycles. The Hall–Kier alpha value is -4.52. The molecule has 0 spiro atoms. The van der Waals surface area contributed by atoms with Gasteiger partial charge in [-0.1, -0.05) is 35.5 Å². The number of oxime groups is 1. The van der Waals surface area contributed by atoms with Gasteiger partial charge in [-0.25, -0.2) is 13.8 Å². The molecule has 3 amide bonds. The van der Waals surface area contributed by atoms with Crippen molar-refractivity contribution >= 4 is 39.7 Å². The molecule has 2 aromatic rings. The van der Waals surface area contributed by atoms with Gasteiger partial charge in [0, 0.05) is 23.3 Å². The van der Waals surface area contributed by atoms with Crippen LogP contribution >= 0.6 is 0 Å². The minimum absolute atomic E-state index is 0.152. The zero-order valence-electron chi connectivity index (χ0n) is 25.8. The quantitative estimate of drug-likeness (QED) is 0.342. The van der Waals surface area contributed by atoms with Crippen LogP contribution in [0.25, 0.3) is 11.1 Å². The molecule has 47 heavy (non-hydrogen) atoms. The van der Waals surface area contributed by atoms with Gasteiger partial charge in [-0.15, -0.1) is 6.58 Å². The second kappa shape index (κ2) is 12.3. The number of nitrogens with one attached hydrogen (secondary N) is 3. The van der Waals surface area contributed by atoms with Gasteiger partial charge in [-0.05, 0) is 80.7 Å². The van der Waals surface area contributed by atoms with Crippen molar-refractivity contribution in [3.05, 3.63) is 66.2 Å². The van der Waals surface area contributed by atoms with Gasteiger partial charge < -0.3 is 14.9 Å². The maximum atomic E-state index is 13.9. The molecule has 246 valence electrons. The van der Waals surface area contributed by atoms with E-state index in [9.17, 15) is 22.8 Å². The summed E-state index contributed by atoms with van der Waals surface area (Å²) in [4.78, 5) is 46.7. The van der Waals surface area contributed by atoms with E-state index in [1.54, 1.807) is 6.21 Å². The molecule has 4 bridgehead atoms. The van der Waals surface area contributed by atoms with Crippen LogP contribution in [0.15, 0.2) is 65.4 Å². The number of nitrogens with zero attached hydrogens (tertiary/aromatic N) is 2. The summed E-state index contributed by atoms with van der Waals surface area (Å²) in [6, 6.07) is 13.8. The first-order valence-corrected chi connectivity index (χ1v) is 17.7. The number of fused-ring (bicyclic) bond motifs is 6. The molecule has 0 unspecified atom stereocenters. The number of carbonyl (C=O) groups is 3. The molecule has 1 heterocycles. The minimum atomic E-state index is -3.83. The summed E-state index contributed by atoms with van der Waals surface area (Å²) < 4.78 is 33.3. The van der Waals surface area contributed by atoms with E-state index in [0.29, 0.717) is 31.6 Å². The summed E-state index contributed by atoms with van der Waals surface area (Å²) in [5, 5.41) is 10.9. The van der Waals surface area contributed by atoms with Crippen molar-refractivity contribution in [2.45, 2.75) is 68.3 Å². The summed E-state index contributed by atoms with van der Waals surface area (Å²) in [5.41, 5.74) is 5.56. The number of rotatable bonds is 6. The Morgan fingerprint density at radius 3 is 2.60 bits per heavy atom. The molecule has 0 saturated heterocycles. The van der Waals surface area contributed by atoms with Crippen molar-refractivity contribution in [2.24, 2.45) is 28.0 Å². The van der Waals surface area contributed by atoms with Gasteiger partial charge in [0.15, 0.2) is 0 Å². The molecule has 3 N–H and O–H groups in total. The van der Waals surface area contributed by atoms with Gasteiger partial charge in [0.25, 0.3) is 5.91 Å². The highest BCUT2D eigenvalue weighted by molar-refractivity contribution is 7.91. The summed E-state index contributed by atoms with van der Waals surface area (Å²) >= 11 is 0. The van der Waals surface area contributed by atoms with Gasteiger partial charge in [0.2, 0.25) is 21.8 Å². The molecule has 5 aliphatic rings. The van der Waals surface area contributed by atoms with Gasteiger partial charge in [-0.3, -0.25) is 19.1 Å². The van der Waals surface area contributed by atoms with Crippen LogP contribution in [-0.2, 0) is 29.2 Å². The highest BCUT2D eigenvalue weighted by Gasteiger charge is 2.62. The largest absolute Gasteiger partial charge is 0.494 e. The van der Waals surface area contributed by atoms with Gasteiger partial charge in [0.1, 0.15) is 23.1 Å². The van der Waals surface area contributed by atoms with Crippen molar-refractivity contribution in [3.8, 4) is 16.9 Å². The van der Waals surface area contributed by atoms with Crippen LogP contribution < -0.4 is 20.2 Å². The first kappa shape index (κ1) is 31.1. The van der Waals surface area contributed by atoms with Gasteiger partial charge >= 0.3 is 0 Å². The molecular weight excluding hydrogens is 622 g/mol. The van der Waals surface area contributed by atoms with Crippen LogP contribution in [0, 0.1) is 17.8 Å². The average molecular weight is 660 g/mol. The lowest BCUT2D eigenvalue weighted by Gasteiger charge is -2.23. The lowest BCUT2D eigenvalue weighted by atomic mass is 9.94. The predicted octanol–water partition coefficient (Wildman–Crippen LogP) is 3.16. The van der Waals surface area contributed by atoms with E-state index in [1.807, 2.05) is 42.5 Å². The van der Waals surface area contributed by atoms with Crippen molar-refractivity contribution in [1.29, 1.82) is 0 Å². The lowest BCUT2D eigenvalue weighted by Crippen LogP contribution is -2.54. The highest BCUT2D eigenvalue weighted by Crippen LogP contribution is 2.46. The van der Waals surface area contributed by atoms with E-state index in [0.717, 1.165) is 40.8 Å². The fraction of sp³-hybridized carbons (Fsp3) is 0.441. The lowest BCUT2D eigenvalue weighted by molar-refractivity contribution is -0.136. The number of amides is 3. The van der Waals surface area contributed by atoms with E-state index in [-0.39, 0.29) is 19.3 Å². The molecule has 3 fully saturated rings. The first-order chi connectivity index (χ1) is 22.7. The molecule has 7 rings (SSSR count). The van der Waals surface area contributed by atoms with E-state index < -0.39 is 62.4 Å². The number of hydrogen-bond acceptors (Lipinski definition) is 9. The second-order valence-electron chi connectivity index (χ2n) is 12.9. The Kier molecular flexibility index (Phi) is 8.11. The maximum Gasteiger partial charge on any atom is 0.259 e. The molecule has 12 nitrogen and oxygen atoms in total. The summed E-state index contributed by atoms with van der Waals surface area (Å²) in [5.74, 6) is -3.20. The molecule has 5 atom stereocenters. The fourth-order valence-electron chi connectivity index (χ4n) is 6.81.